The normalized spacial score (nSPS) is 16.4. The molecule has 102 valence electrons. The molecule has 3 rings (SSSR count). The number of carbonyl (C=O) groups excluding carboxylic acids is 1. The summed E-state index contributed by atoms with van der Waals surface area (Å²) in [5, 5.41) is 3.29. The van der Waals surface area contributed by atoms with Gasteiger partial charge in [-0.2, -0.15) is 0 Å². The zero-order valence-electron chi connectivity index (χ0n) is 11.3. The van der Waals surface area contributed by atoms with Gasteiger partial charge in [-0.25, -0.2) is 0 Å². The second-order valence-corrected chi connectivity index (χ2v) is 5.14. The fraction of sp³-hybridized carbons (Fsp3) is 0.250. The molecule has 0 saturated heterocycles. The zero-order chi connectivity index (χ0) is 14.3. The van der Waals surface area contributed by atoms with E-state index in [0.717, 1.165) is 11.9 Å². The van der Waals surface area contributed by atoms with Gasteiger partial charge < -0.3 is 9.88 Å². The Morgan fingerprint density at radius 2 is 2.35 bits per heavy atom. The third kappa shape index (κ3) is 1.76. The van der Waals surface area contributed by atoms with Crippen molar-refractivity contribution in [2.45, 2.75) is 19.4 Å². The average molecular weight is 268 g/mol. The summed E-state index contributed by atoms with van der Waals surface area (Å²) in [6, 6.07) is 5.98. The number of para-hydroxylation sites is 1. The summed E-state index contributed by atoms with van der Waals surface area (Å²) in [4.78, 5) is 24.6. The number of amides is 1. The van der Waals surface area contributed by atoms with Gasteiger partial charge in [0.25, 0.3) is 5.91 Å². The smallest absolute Gasteiger partial charge is 0.257 e. The van der Waals surface area contributed by atoms with Crippen molar-refractivity contribution in [3.05, 3.63) is 58.4 Å². The predicted octanol–water partition coefficient (Wildman–Crippen LogP) is 2.03. The molecule has 1 aliphatic rings. The Balaban J connectivity index is 2.23. The van der Waals surface area contributed by atoms with Gasteiger partial charge >= 0.3 is 0 Å². The van der Waals surface area contributed by atoms with Crippen molar-refractivity contribution in [3.8, 4) is 0 Å². The van der Waals surface area contributed by atoms with E-state index in [1.807, 2.05) is 16.7 Å². The molecule has 0 radical (unpaired) electrons. The van der Waals surface area contributed by atoms with Crippen LogP contribution in [0.4, 0.5) is 0 Å². The van der Waals surface area contributed by atoms with Crippen LogP contribution in [0.2, 0.25) is 0 Å². The van der Waals surface area contributed by atoms with E-state index in [0.29, 0.717) is 11.9 Å². The highest BCUT2D eigenvalue weighted by Crippen LogP contribution is 2.30. The molecule has 4 heteroatoms. The number of carbonyl (C=O) groups is 1. The van der Waals surface area contributed by atoms with Crippen LogP contribution < -0.4 is 10.7 Å². The summed E-state index contributed by atoms with van der Waals surface area (Å²) >= 11 is 0. The maximum Gasteiger partial charge on any atom is 0.257 e. The molecule has 1 aromatic heterocycles. The van der Waals surface area contributed by atoms with Crippen molar-refractivity contribution in [2.75, 3.05) is 6.54 Å². The van der Waals surface area contributed by atoms with E-state index in [2.05, 4.69) is 18.8 Å². The lowest BCUT2D eigenvalue weighted by molar-refractivity contribution is 0.0956. The monoisotopic (exact) mass is 268 g/mol. The molecule has 20 heavy (non-hydrogen) atoms. The van der Waals surface area contributed by atoms with E-state index in [1.165, 1.54) is 5.56 Å². The van der Waals surface area contributed by atoms with Crippen molar-refractivity contribution in [3.63, 3.8) is 0 Å². The van der Waals surface area contributed by atoms with E-state index in [-0.39, 0.29) is 22.9 Å². The molecule has 1 N–H and O–H groups in total. The van der Waals surface area contributed by atoms with Crippen LogP contribution in [0.5, 0.6) is 0 Å². The number of pyridine rings is 1. The van der Waals surface area contributed by atoms with Crippen molar-refractivity contribution < 1.29 is 4.79 Å². The first-order chi connectivity index (χ1) is 9.63. The number of aromatic nitrogens is 1. The minimum Gasteiger partial charge on any atom is -0.348 e. The highest BCUT2D eigenvalue weighted by atomic mass is 16.2. The summed E-state index contributed by atoms with van der Waals surface area (Å²) in [6.45, 7) is 6.00. The molecule has 0 saturated carbocycles. The first kappa shape index (κ1) is 12.7. The molecular weight excluding hydrogens is 252 g/mol. The van der Waals surface area contributed by atoms with Gasteiger partial charge in [-0.1, -0.05) is 18.2 Å². The van der Waals surface area contributed by atoms with E-state index < -0.39 is 0 Å². The lowest BCUT2D eigenvalue weighted by Crippen LogP contribution is -2.29. The number of nitrogens with zero attached hydrogens (tertiary/aromatic N) is 1. The highest BCUT2D eigenvalue weighted by molar-refractivity contribution is 5.98. The van der Waals surface area contributed by atoms with Gasteiger partial charge in [0, 0.05) is 24.2 Å². The molecular formula is C16H16N2O2. The van der Waals surface area contributed by atoms with Gasteiger partial charge in [-0.15, -0.1) is 6.58 Å². The molecule has 2 aromatic rings. The molecule has 1 aromatic carbocycles. The van der Waals surface area contributed by atoms with E-state index >= 15 is 0 Å². The Labute approximate surface area is 116 Å². The number of nitrogens with one attached hydrogen (secondary N) is 1. The summed E-state index contributed by atoms with van der Waals surface area (Å²) in [6.07, 6.45) is 4.18. The Bertz CT molecular complexity index is 774. The van der Waals surface area contributed by atoms with Crippen LogP contribution in [-0.2, 0) is 6.42 Å². The van der Waals surface area contributed by atoms with Gasteiger partial charge in [0.2, 0.25) is 5.43 Å². The van der Waals surface area contributed by atoms with Gasteiger partial charge in [0.15, 0.2) is 0 Å². The van der Waals surface area contributed by atoms with Gasteiger partial charge in [-0.05, 0) is 25.0 Å². The Hall–Kier alpha value is -2.36. The van der Waals surface area contributed by atoms with E-state index in [9.17, 15) is 9.59 Å². The van der Waals surface area contributed by atoms with Gasteiger partial charge in [0.1, 0.15) is 5.56 Å². The number of rotatable bonds is 3. The summed E-state index contributed by atoms with van der Waals surface area (Å²) < 4.78 is 2.04. The van der Waals surface area contributed by atoms with Crippen molar-refractivity contribution in [1.82, 2.24) is 9.88 Å². The molecule has 2 heterocycles. The molecule has 0 bridgehead atoms. The lowest BCUT2D eigenvalue weighted by Gasteiger charge is -2.12. The maximum atomic E-state index is 12.5. The van der Waals surface area contributed by atoms with Gasteiger partial charge in [-0.3, -0.25) is 9.59 Å². The first-order valence-corrected chi connectivity index (χ1v) is 6.69. The third-order valence-corrected chi connectivity index (χ3v) is 3.78. The molecule has 0 spiro atoms. The fourth-order valence-electron chi connectivity index (χ4n) is 2.84. The number of benzene rings is 1. The molecule has 1 unspecified atom stereocenters. The average Bonchev–Trinajstić information content (AvgIpc) is 2.77. The van der Waals surface area contributed by atoms with Crippen LogP contribution in [0.15, 0.2) is 41.8 Å². The molecule has 1 aliphatic heterocycles. The predicted molar refractivity (Wildman–Crippen MR) is 79.2 cm³/mol. The Morgan fingerprint density at radius 1 is 1.55 bits per heavy atom. The van der Waals surface area contributed by atoms with Crippen molar-refractivity contribution in [2.24, 2.45) is 0 Å². The molecule has 1 atom stereocenters. The third-order valence-electron chi connectivity index (χ3n) is 3.78. The maximum absolute atomic E-state index is 12.5. The van der Waals surface area contributed by atoms with E-state index in [1.54, 1.807) is 18.3 Å². The summed E-state index contributed by atoms with van der Waals surface area (Å²) in [5.41, 5.74) is 2.13. The van der Waals surface area contributed by atoms with Crippen LogP contribution in [0.1, 0.15) is 28.9 Å². The van der Waals surface area contributed by atoms with Gasteiger partial charge in [0.05, 0.1) is 5.52 Å². The van der Waals surface area contributed by atoms with Crippen LogP contribution in [-0.4, -0.2) is 17.0 Å². The second-order valence-electron chi connectivity index (χ2n) is 5.14. The fourth-order valence-corrected chi connectivity index (χ4v) is 2.84. The van der Waals surface area contributed by atoms with Crippen LogP contribution in [0, 0.1) is 0 Å². The minimum atomic E-state index is -0.343. The van der Waals surface area contributed by atoms with Crippen LogP contribution >= 0.6 is 0 Å². The topological polar surface area (TPSA) is 51.1 Å². The number of hydrogen-bond acceptors (Lipinski definition) is 2. The minimum absolute atomic E-state index is 0.199. The SMILES string of the molecule is C=CCNC(=O)c1cn2c3c(cccc3c1=O)CC2C. The molecule has 4 nitrogen and oxygen atoms in total. The van der Waals surface area contributed by atoms with Crippen molar-refractivity contribution in [1.29, 1.82) is 0 Å². The lowest BCUT2D eigenvalue weighted by atomic mass is 10.1. The van der Waals surface area contributed by atoms with Crippen molar-refractivity contribution >= 4 is 16.8 Å². The quantitative estimate of drug-likeness (QED) is 0.866. The second kappa shape index (κ2) is 4.63. The van der Waals surface area contributed by atoms with Crippen LogP contribution in [0.25, 0.3) is 10.9 Å². The Morgan fingerprint density at radius 3 is 3.10 bits per heavy atom. The van der Waals surface area contributed by atoms with E-state index in [4.69, 9.17) is 0 Å². The Kier molecular flexibility index (Phi) is 2.93. The number of hydrogen-bond donors (Lipinski definition) is 1. The van der Waals surface area contributed by atoms with Crippen LogP contribution in [0.3, 0.4) is 0 Å². The standard InChI is InChI=1S/C16H16N2O2/c1-3-7-17-16(20)13-9-18-10(2)8-11-5-4-6-12(14(11)18)15(13)19/h3-6,9-10H,1,7-8H2,2H3,(H,17,20). The molecule has 1 amide bonds. The summed E-state index contributed by atoms with van der Waals surface area (Å²) in [5.74, 6) is -0.343. The first-order valence-electron chi connectivity index (χ1n) is 6.69. The molecule has 0 aliphatic carbocycles. The summed E-state index contributed by atoms with van der Waals surface area (Å²) in [7, 11) is 0. The molecule has 0 fully saturated rings. The highest BCUT2D eigenvalue weighted by Gasteiger charge is 2.23. The largest absolute Gasteiger partial charge is 0.348 e. The zero-order valence-corrected chi connectivity index (χ0v) is 11.3.